The van der Waals surface area contributed by atoms with Crippen LogP contribution in [0.4, 0.5) is 4.79 Å². The molecule has 17 heavy (non-hydrogen) atoms. The van der Waals surface area contributed by atoms with Gasteiger partial charge in [0.05, 0.1) is 18.6 Å². The molecule has 6 heteroatoms. The third-order valence-corrected chi connectivity index (χ3v) is 2.38. The molecule has 98 valence electrons. The highest BCUT2D eigenvalue weighted by Crippen LogP contribution is 2.16. The lowest BCUT2D eigenvalue weighted by molar-refractivity contribution is -0.146. The van der Waals surface area contributed by atoms with Gasteiger partial charge in [0.25, 0.3) is 0 Å². The molecule has 0 aromatic heterocycles. The monoisotopic (exact) mass is 245 g/mol. The van der Waals surface area contributed by atoms with Crippen molar-refractivity contribution in [2.24, 2.45) is 5.92 Å². The fourth-order valence-electron chi connectivity index (χ4n) is 1.63. The van der Waals surface area contributed by atoms with E-state index in [0.29, 0.717) is 13.0 Å². The van der Waals surface area contributed by atoms with Crippen LogP contribution in [0.2, 0.25) is 0 Å². The molecular weight excluding hydrogens is 226 g/mol. The third-order valence-electron chi connectivity index (χ3n) is 2.38. The topological polar surface area (TPSA) is 84.9 Å². The molecular formula is C11H19NO5. The van der Waals surface area contributed by atoms with Gasteiger partial charge in [-0.1, -0.05) is 0 Å². The van der Waals surface area contributed by atoms with Crippen LogP contribution in [0.1, 0.15) is 27.2 Å². The number of nitrogens with one attached hydrogen (secondary N) is 1. The zero-order chi connectivity index (χ0) is 13.1. The normalized spacial score (nSPS) is 25.1. The van der Waals surface area contributed by atoms with E-state index in [4.69, 9.17) is 14.6 Å². The number of carbonyl (C=O) groups is 2. The van der Waals surface area contributed by atoms with E-state index < -0.39 is 29.6 Å². The summed E-state index contributed by atoms with van der Waals surface area (Å²) in [7, 11) is 0. The van der Waals surface area contributed by atoms with Crippen molar-refractivity contribution in [2.75, 3.05) is 13.2 Å². The summed E-state index contributed by atoms with van der Waals surface area (Å²) in [5.74, 6) is -1.54. The van der Waals surface area contributed by atoms with Crippen LogP contribution in [0.5, 0.6) is 0 Å². The number of carbonyl (C=O) groups excluding carboxylic acids is 1. The number of carboxylic acid groups (broad SMARTS) is 1. The molecule has 0 bridgehead atoms. The summed E-state index contributed by atoms with van der Waals surface area (Å²) in [4.78, 5) is 22.5. The van der Waals surface area contributed by atoms with E-state index in [-0.39, 0.29) is 6.61 Å². The molecule has 2 N–H and O–H groups in total. The summed E-state index contributed by atoms with van der Waals surface area (Å²) >= 11 is 0. The summed E-state index contributed by atoms with van der Waals surface area (Å²) in [6.07, 6.45) is -0.213. The Labute approximate surface area is 100 Å². The summed E-state index contributed by atoms with van der Waals surface area (Å²) < 4.78 is 10.2. The molecule has 1 saturated heterocycles. The molecule has 0 radical (unpaired) electrons. The van der Waals surface area contributed by atoms with Gasteiger partial charge in [0.1, 0.15) is 5.60 Å². The Bertz CT molecular complexity index is 297. The van der Waals surface area contributed by atoms with Crippen LogP contribution in [-0.4, -0.2) is 42.0 Å². The van der Waals surface area contributed by atoms with Crippen molar-refractivity contribution in [3.05, 3.63) is 0 Å². The molecule has 0 saturated carbocycles. The first-order chi connectivity index (χ1) is 7.79. The lowest BCUT2D eigenvalue weighted by Gasteiger charge is -2.30. The number of amides is 1. The molecule has 1 aliphatic rings. The maximum atomic E-state index is 11.5. The molecule has 0 aliphatic carbocycles. The molecule has 2 atom stereocenters. The van der Waals surface area contributed by atoms with Crippen molar-refractivity contribution in [3.8, 4) is 0 Å². The lowest BCUT2D eigenvalue weighted by atomic mass is 9.95. The fraction of sp³-hybridized carbons (Fsp3) is 0.818. The van der Waals surface area contributed by atoms with E-state index in [0.717, 1.165) is 0 Å². The number of aliphatic carboxylic acids is 1. The highest BCUT2D eigenvalue weighted by Gasteiger charge is 2.33. The van der Waals surface area contributed by atoms with Gasteiger partial charge in [-0.25, -0.2) is 4.79 Å². The molecule has 2 unspecified atom stereocenters. The van der Waals surface area contributed by atoms with E-state index in [1.165, 1.54) is 0 Å². The van der Waals surface area contributed by atoms with Gasteiger partial charge in [0.15, 0.2) is 0 Å². The van der Waals surface area contributed by atoms with Gasteiger partial charge in [0, 0.05) is 6.61 Å². The first-order valence-corrected chi connectivity index (χ1v) is 5.59. The van der Waals surface area contributed by atoms with Gasteiger partial charge in [0.2, 0.25) is 0 Å². The maximum Gasteiger partial charge on any atom is 0.407 e. The van der Waals surface area contributed by atoms with Crippen molar-refractivity contribution in [3.63, 3.8) is 0 Å². The standard InChI is InChI=1S/C11H19NO5/c1-11(2,3)17-10(15)12-8-6-16-5-4-7(8)9(13)14/h7-8H,4-6H2,1-3H3,(H,12,15)(H,13,14). The van der Waals surface area contributed by atoms with Gasteiger partial charge < -0.3 is 19.9 Å². The smallest absolute Gasteiger partial charge is 0.407 e. The SMILES string of the molecule is CC(C)(C)OC(=O)NC1COCCC1C(=O)O. The van der Waals surface area contributed by atoms with Gasteiger partial charge in [-0.3, -0.25) is 4.79 Å². The highest BCUT2D eigenvalue weighted by molar-refractivity contribution is 5.73. The lowest BCUT2D eigenvalue weighted by Crippen LogP contribution is -2.50. The van der Waals surface area contributed by atoms with Crippen LogP contribution in [0.15, 0.2) is 0 Å². The number of hydrogen-bond acceptors (Lipinski definition) is 4. The second-order valence-corrected chi connectivity index (χ2v) is 5.06. The van der Waals surface area contributed by atoms with E-state index in [1.54, 1.807) is 20.8 Å². The zero-order valence-electron chi connectivity index (χ0n) is 10.4. The minimum atomic E-state index is -0.922. The van der Waals surface area contributed by atoms with Crippen LogP contribution in [0.25, 0.3) is 0 Å². The van der Waals surface area contributed by atoms with Crippen LogP contribution in [-0.2, 0) is 14.3 Å². The first kappa shape index (κ1) is 13.8. The average molecular weight is 245 g/mol. The third kappa shape index (κ3) is 4.60. The summed E-state index contributed by atoms with van der Waals surface area (Å²) in [6, 6.07) is -0.531. The Hall–Kier alpha value is -1.30. The summed E-state index contributed by atoms with van der Waals surface area (Å²) in [6.45, 7) is 5.86. The molecule has 1 aliphatic heterocycles. The van der Waals surface area contributed by atoms with Crippen molar-refractivity contribution in [1.29, 1.82) is 0 Å². The van der Waals surface area contributed by atoms with Crippen LogP contribution < -0.4 is 5.32 Å². The summed E-state index contributed by atoms with van der Waals surface area (Å²) in [5.41, 5.74) is -0.599. The molecule has 6 nitrogen and oxygen atoms in total. The van der Waals surface area contributed by atoms with E-state index >= 15 is 0 Å². The molecule has 1 heterocycles. The van der Waals surface area contributed by atoms with E-state index in [1.807, 2.05) is 0 Å². The van der Waals surface area contributed by atoms with Gasteiger partial charge in [-0.2, -0.15) is 0 Å². The van der Waals surface area contributed by atoms with Crippen molar-refractivity contribution in [2.45, 2.75) is 38.8 Å². The molecule has 0 aromatic rings. The van der Waals surface area contributed by atoms with Crippen LogP contribution >= 0.6 is 0 Å². The Kier molecular flexibility index (Phi) is 4.34. The quantitative estimate of drug-likeness (QED) is 0.758. The number of carboxylic acids is 1. The van der Waals surface area contributed by atoms with Crippen molar-refractivity contribution in [1.82, 2.24) is 5.32 Å². The minimum Gasteiger partial charge on any atom is -0.481 e. The van der Waals surface area contributed by atoms with Gasteiger partial charge in [-0.05, 0) is 27.2 Å². The highest BCUT2D eigenvalue weighted by atomic mass is 16.6. The molecule has 1 amide bonds. The molecule has 1 fully saturated rings. The van der Waals surface area contributed by atoms with E-state index in [2.05, 4.69) is 5.32 Å². The zero-order valence-corrected chi connectivity index (χ0v) is 10.4. The molecule has 0 aromatic carbocycles. The predicted molar refractivity (Wildman–Crippen MR) is 59.7 cm³/mol. The second-order valence-electron chi connectivity index (χ2n) is 5.06. The number of hydrogen-bond donors (Lipinski definition) is 2. The second kappa shape index (κ2) is 5.35. The van der Waals surface area contributed by atoms with Crippen molar-refractivity contribution < 1.29 is 24.2 Å². The largest absolute Gasteiger partial charge is 0.481 e. The number of ether oxygens (including phenoxy) is 2. The van der Waals surface area contributed by atoms with Crippen molar-refractivity contribution >= 4 is 12.1 Å². The van der Waals surface area contributed by atoms with E-state index in [9.17, 15) is 9.59 Å². The van der Waals surface area contributed by atoms with Crippen LogP contribution in [0, 0.1) is 5.92 Å². The Balaban J connectivity index is 2.53. The predicted octanol–water partition coefficient (Wildman–Crippen LogP) is 1.00. The number of rotatable bonds is 2. The molecule has 0 spiro atoms. The number of alkyl carbamates (subject to hydrolysis) is 1. The minimum absolute atomic E-state index is 0.205. The fourth-order valence-corrected chi connectivity index (χ4v) is 1.63. The molecule has 1 rings (SSSR count). The Morgan fingerprint density at radius 2 is 2.06 bits per heavy atom. The Morgan fingerprint density at radius 1 is 1.41 bits per heavy atom. The van der Waals surface area contributed by atoms with Gasteiger partial charge in [-0.15, -0.1) is 0 Å². The van der Waals surface area contributed by atoms with Gasteiger partial charge >= 0.3 is 12.1 Å². The first-order valence-electron chi connectivity index (χ1n) is 5.59. The average Bonchev–Trinajstić information content (AvgIpc) is 2.14. The van der Waals surface area contributed by atoms with Crippen LogP contribution in [0.3, 0.4) is 0 Å². The summed E-state index contributed by atoms with van der Waals surface area (Å²) in [5, 5.41) is 11.5. The maximum absolute atomic E-state index is 11.5. The Morgan fingerprint density at radius 3 is 2.59 bits per heavy atom.